The Morgan fingerprint density at radius 3 is 2.34 bits per heavy atom. The molecule has 0 fully saturated rings. The Morgan fingerprint density at radius 2 is 1.72 bits per heavy atom. The first-order valence-electron chi connectivity index (χ1n) is 9.20. The summed E-state index contributed by atoms with van der Waals surface area (Å²) >= 11 is 5.94. The van der Waals surface area contributed by atoms with Crippen LogP contribution < -0.4 is 4.72 Å². The highest BCUT2D eigenvalue weighted by Gasteiger charge is 2.18. The number of amides is 1. The van der Waals surface area contributed by atoms with Gasteiger partial charge in [-0.1, -0.05) is 54.1 Å². The number of rotatable bonds is 6. The largest absolute Gasteiger partial charge is 0.274 e. The van der Waals surface area contributed by atoms with E-state index in [1.54, 1.807) is 18.2 Å². The lowest BCUT2D eigenvalue weighted by atomic mass is 9.96. The number of halogens is 2. The number of sulfonamides is 1. The van der Waals surface area contributed by atoms with Crippen molar-refractivity contribution in [2.45, 2.75) is 26.2 Å². The van der Waals surface area contributed by atoms with Gasteiger partial charge in [0.25, 0.3) is 0 Å². The van der Waals surface area contributed by atoms with Crippen molar-refractivity contribution in [3.05, 3.63) is 76.1 Å². The number of allylic oxidation sites excluding steroid dienone is 2. The van der Waals surface area contributed by atoms with Gasteiger partial charge in [-0.2, -0.15) is 0 Å². The second kappa shape index (κ2) is 8.93. The van der Waals surface area contributed by atoms with Crippen molar-refractivity contribution in [1.29, 1.82) is 0 Å². The summed E-state index contributed by atoms with van der Waals surface area (Å²) in [5.74, 6) is -1.30. The molecule has 29 heavy (non-hydrogen) atoms. The zero-order valence-electron chi connectivity index (χ0n) is 15.9. The van der Waals surface area contributed by atoms with Crippen molar-refractivity contribution in [2.24, 2.45) is 0 Å². The second-order valence-electron chi connectivity index (χ2n) is 6.90. The van der Waals surface area contributed by atoms with Crippen LogP contribution in [0.5, 0.6) is 0 Å². The zero-order valence-corrected chi connectivity index (χ0v) is 17.5. The van der Waals surface area contributed by atoms with E-state index in [1.807, 2.05) is 29.0 Å². The second-order valence-corrected chi connectivity index (χ2v) is 9.08. The summed E-state index contributed by atoms with van der Waals surface area (Å²) in [5.41, 5.74) is 5.28. The van der Waals surface area contributed by atoms with E-state index in [4.69, 9.17) is 11.6 Å². The van der Waals surface area contributed by atoms with Crippen molar-refractivity contribution in [3.63, 3.8) is 0 Å². The zero-order chi connectivity index (χ0) is 21.0. The number of benzene rings is 2. The maximum atomic E-state index is 13.5. The van der Waals surface area contributed by atoms with Crippen molar-refractivity contribution in [2.75, 3.05) is 5.75 Å². The van der Waals surface area contributed by atoms with Gasteiger partial charge < -0.3 is 0 Å². The van der Waals surface area contributed by atoms with Gasteiger partial charge in [0.05, 0.1) is 10.8 Å². The van der Waals surface area contributed by atoms with Gasteiger partial charge in [-0.15, -0.1) is 0 Å². The van der Waals surface area contributed by atoms with Gasteiger partial charge in [0.15, 0.2) is 0 Å². The van der Waals surface area contributed by atoms with Gasteiger partial charge in [0.1, 0.15) is 5.82 Å². The third kappa shape index (κ3) is 5.55. The molecule has 152 valence electrons. The van der Waals surface area contributed by atoms with E-state index >= 15 is 0 Å². The van der Waals surface area contributed by atoms with Gasteiger partial charge in [0.2, 0.25) is 15.9 Å². The van der Waals surface area contributed by atoms with Gasteiger partial charge >= 0.3 is 0 Å². The smallest absolute Gasteiger partial charge is 0.238 e. The Balaban J connectivity index is 1.77. The predicted molar refractivity (Wildman–Crippen MR) is 115 cm³/mol. The summed E-state index contributed by atoms with van der Waals surface area (Å²) in [5, 5.41) is 0.121. The fourth-order valence-corrected chi connectivity index (χ4v) is 4.48. The SMILES string of the molecule is CC(=O)NS(=O)(=O)CC=Cc1ccc(C2=C(c3ccc(F)c(Cl)c3)CCC2)cc1. The molecule has 0 atom stereocenters. The van der Waals surface area contributed by atoms with Crippen LogP contribution in [0.25, 0.3) is 17.2 Å². The van der Waals surface area contributed by atoms with Crippen LogP contribution in [0.3, 0.4) is 0 Å². The van der Waals surface area contributed by atoms with Crippen LogP contribution in [0.4, 0.5) is 4.39 Å². The number of hydrogen-bond donors (Lipinski definition) is 1. The molecule has 0 aromatic heterocycles. The molecule has 1 N–H and O–H groups in total. The Morgan fingerprint density at radius 1 is 1.10 bits per heavy atom. The summed E-state index contributed by atoms with van der Waals surface area (Å²) in [6.45, 7) is 1.16. The van der Waals surface area contributed by atoms with E-state index in [1.165, 1.54) is 23.3 Å². The molecule has 0 bridgehead atoms. The molecule has 1 aliphatic rings. The van der Waals surface area contributed by atoms with E-state index in [0.717, 1.165) is 42.9 Å². The van der Waals surface area contributed by atoms with E-state index in [2.05, 4.69) is 0 Å². The first-order chi connectivity index (χ1) is 13.7. The molecule has 1 aliphatic carbocycles. The van der Waals surface area contributed by atoms with Gasteiger partial charge in [-0.25, -0.2) is 12.8 Å². The highest BCUT2D eigenvalue weighted by atomic mass is 35.5. The molecule has 0 unspecified atom stereocenters. The van der Waals surface area contributed by atoms with Gasteiger partial charge in [-0.3, -0.25) is 9.52 Å². The molecule has 0 aliphatic heterocycles. The molecule has 0 saturated heterocycles. The third-order valence-corrected chi connectivity index (χ3v) is 6.19. The molecule has 7 heteroatoms. The molecule has 0 radical (unpaired) electrons. The van der Waals surface area contributed by atoms with Crippen molar-refractivity contribution < 1.29 is 17.6 Å². The summed E-state index contributed by atoms with van der Waals surface area (Å²) < 4.78 is 38.7. The third-order valence-electron chi connectivity index (χ3n) is 4.67. The molecule has 0 heterocycles. The summed E-state index contributed by atoms with van der Waals surface area (Å²) in [7, 11) is -3.65. The van der Waals surface area contributed by atoms with Crippen molar-refractivity contribution in [1.82, 2.24) is 4.72 Å². The Hall–Kier alpha value is -2.44. The predicted octanol–water partition coefficient (Wildman–Crippen LogP) is 5.05. The van der Waals surface area contributed by atoms with Crippen LogP contribution in [0.1, 0.15) is 42.9 Å². The number of carbonyl (C=O) groups is 1. The molecular formula is C22H21ClFNO3S. The average Bonchev–Trinajstić information content (AvgIpc) is 3.13. The molecule has 3 rings (SSSR count). The monoisotopic (exact) mass is 433 g/mol. The fraction of sp³-hybridized carbons (Fsp3) is 0.227. The highest BCUT2D eigenvalue weighted by molar-refractivity contribution is 7.90. The maximum Gasteiger partial charge on any atom is 0.238 e. The first-order valence-corrected chi connectivity index (χ1v) is 11.2. The van der Waals surface area contributed by atoms with E-state index in [-0.39, 0.29) is 10.8 Å². The minimum Gasteiger partial charge on any atom is -0.274 e. The molecule has 2 aromatic carbocycles. The summed E-state index contributed by atoms with van der Waals surface area (Å²) in [6.07, 6.45) is 6.09. The van der Waals surface area contributed by atoms with Crippen molar-refractivity contribution >= 4 is 44.8 Å². The van der Waals surface area contributed by atoms with Crippen molar-refractivity contribution in [3.8, 4) is 0 Å². The normalized spacial score (nSPS) is 14.6. The maximum absolute atomic E-state index is 13.5. The number of nitrogens with one attached hydrogen (secondary N) is 1. The van der Waals surface area contributed by atoms with Crippen LogP contribution in [0.15, 0.2) is 48.5 Å². The highest BCUT2D eigenvalue weighted by Crippen LogP contribution is 2.40. The lowest BCUT2D eigenvalue weighted by molar-refractivity contribution is -0.117. The molecule has 2 aromatic rings. The van der Waals surface area contributed by atoms with E-state index < -0.39 is 21.7 Å². The summed E-state index contributed by atoms with van der Waals surface area (Å²) in [6, 6.07) is 12.6. The number of carbonyl (C=O) groups excluding carboxylic acids is 1. The Bertz CT molecular complexity index is 1090. The molecule has 0 spiro atoms. The lowest BCUT2D eigenvalue weighted by Crippen LogP contribution is -2.29. The van der Waals surface area contributed by atoms with E-state index in [9.17, 15) is 17.6 Å². The van der Waals surface area contributed by atoms with Crippen LogP contribution >= 0.6 is 11.6 Å². The molecular weight excluding hydrogens is 413 g/mol. The number of hydrogen-bond acceptors (Lipinski definition) is 3. The minimum absolute atomic E-state index is 0.121. The Labute approximate surface area is 175 Å². The van der Waals surface area contributed by atoms with Crippen LogP contribution in [-0.4, -0.2) is 20.1 Å². The lowest BCUT2D eigenvalue weighted by Gasteiger charge is -2.10. The van der Waals surface area contributed by atoms with Crippen LogP contribution in [0, 0.1) is 5.82 Å². The average molecular weight is 434 g/mol. The van der Waals surface area contributed by atoms with Gasteiger partial charge in [-0.05, 0) is 59.2 Å². The van der Waals surface area contributed by atoms with Gasteiger partial charge in [0, 0.05) is 6.92 Å². The molecule has 0 saturated carbocycles. The molecule has 4 nitrogen and oxygen atoms in total. The minimum atomic E-state index is -3.65. The first kappa shape index (κ1) is 21.3. The Kier molecular flexibility index (Phi) is 6.55. The van der Waals surface area contributed by atoms with Crippen LogP contribution in [-0.2, 0) is 14.8 Å². The topological polar surface area (TPSA) is 63.2 Å². The van der Waals surface area contributed by atoms with E-state index in [0.29, 0.717) is 0 Å². The quantitative estimate of drug-likeness (QED) is 0.693. The fourth-order valence-electron chi connectivity index (χ4n) is 3.43. The van der Waals surface area contributed by atoms with Crippen LogP contribution in [0.2, 0.25) is 5.02 Å². The summed E-state index contributed by atoms with van der Waals surface area (Å²) in [4.78, 5) is 10.9. The standard InChI is InChI=1S/C22H21ClFNO3S/c1-15(26)25-29(27,28)13-3-4-16-7-9-17(10-8-16)19-5-2-6-20(19)18-11-12-22(24)21(23)14-18/h3-4,7-12,14H,2,5-6,13H2,1H3,(H,25,26). The molecule has 1 amide bonds.